The third kappa shape index (κ3) is 4.06. The van der Waals surface area contributed by atoms with Crippen LogP contribution in [0.1, 0.15) is 42.1 Å². The van der Waals surface area contributed by atoms with Crippen molar-refractivity contribution >= 4 is 21.8 Å². The summed E-state index contributed by atoms with van der Waals surface area (Å²) in [5, 5.41) is 0. The minimum absolute atomic E-state index is 0.0604. The largest absolute Gasteiger partial charge is 0.367 e. The Morgan fingerprint density at radius 3 is 2.64 bits per heavy atom. The Bertz CT molecular complexity index is 870. The lowest BCUT2D eigenvalue weighted by Gasteiger charge is -2.33. The number of carbonyl (C=O) groups excluding carboxylic acids is 2. The molecule has 154 valence electrons. The van der Waals surface area contributed by atoms with Gasteiger partial charge in [-0.3, -0.25) is 9.59 Å². The van der Waals surface area contributed by atoms with E-state index >= 15 is 0 Å². The Hall–Kier alpha value is -1.97. The lowest BCUT2D eigenvalue weighted by Crippen LogP contribution is -2.50. The lowest BCUT2D eigenvalue weighted by molar-refractivity contribution is -0.133. The van der Waals surface area contributed by atoms with Gasteiger partial charge in [0, 0.05) is 24.7 Å². The molecule has 2 fully saturated rings. The van der Waals surface area contributed by atoms with E-state index in [9.17, 15) is 18.0 Å². The van der Waals surface area contributed by atoms with Gasteiger partial charge < -0.3 is 15.4 Å². The first-order valence-corrected chi connectivity index (χ1v) is 11.0. The third-order valence-corrected chi connectivity index (χ3v) is 7.47. The summed E-state index contributed by atoms with van der Waals surface area (Å²) in [5.74, 6) is -0.944. The van der Waals surface area contributed by atoms with E-state index in [0.717, 1.165) is 19.3 Å². The first-order valence-electron chi connectivity index (χ1n) is 9.54. The minimum atomic E-state index is -3.68. The number of primary amides is 1. The van der Waals surface area contributed by atoms with Crippen molar-refractivity contribution in [1.29, 1.82) is 0 Å². The summed E-state index contributed by atoms with van der Waals surface area (Å²) in [6, 6.07) is 4.59. The SMILES string of the molecule is Cc1ccc(S(=O)(=O)N2CCCCC2C)cc1C(=O)N1CCOC(C(N)=O)C1. The predicted molar refractivity (Wildman–Crippen MR) is 103 cm³/mol. The van der Waals surface area contributed by atoms with Crippen molar-refractivity contribution in [1.82, 2.24) is 9.21 Å². The van der Waals surface area contributed by atoms with Crippen molar-refractivity contribution in [3.05, 3.63) is 29.3 Å². The summed E-state index contributed by atoms with van der Waals surface area (Å²) in [6.07, 6.45) is 1.84. The molecule has 0 saturated carbocycles. The number of carbonyl (C=O) groups is 2. The van der Waals surface area contributed by atoms with Crippen LogP contribution in [0.5, 0.6) is 0 Å². The van der Waals surface area contributed by atoms with E-state index in [1.165, 1.54) is 15.3 Å². The van der Waals surface area contributed by atoms with Crippen LogP contribution in [0.25, 0.3) is 0 Å². The molecular weight excluding hydrogens is 382 g/mol. The summed E-state index contributed by atoms with van der Waals surface area (Å²) >= 11 is 0. The first-order chi connectivity index (χ1) is 13.2. The van der Waals surface area contributed by atoms with Gasteiger partial charge in [-0.25, -0.2) is 8.42 Å². The molecule has 8 nitrogen and oxygen atoms in total. The summed E-state index contributed by atoms with van der Waals surface area (Å²) in [7, 11) is -3.68. The van der Waals surface area contributed by atoms with E-state index in [1.54, 1.807) is 19.1 Å². The summed E-state index contributed by atoms with van der Waals surface area (Å²) < 4.78 is 33.0. The van der Waals surface area contributed by atoms with Crippen molar-refractivity contribution in [3.8, 4) is 0 Å². The number of sulfonamides is 1. The zero-order valence-electron chi connectivity index (χ0n) is 16.3. The number of aryl methyl sites for hydroxylation is 1. The second-order valence-corrected chi connectivity index (χ2v) is 9.34. The molecule has 1 aromatic carbocycles. The molecule has 2 heterocycles. The molecule has 0 radical (unpaired) electrons. The van der Waals surface area contributed by atoms with Gasteiger partial charge in [0.2, 0.25) is 15.9 Å². The summed E-state index contributed by atoms with van der Waals surface area (Å²) in [4.78, 5) is 26.0. The third-order valence-electron chi connectivity index (χ3n) is 5.46. The van der Waals surface area contributed by atoms with E-state index in [2.05, 4.69) is 0 Å². The fourth-order valence-corrected chi connectivity index (χ4v) is 5.46. The van der Waals surface area contributed by atoms with Crippen LogP contribution >= 0.6 is 0 Å². The number of nitrogens with zero attached hydrogens (tertiary/aromatic N) is 2. The van der Waals surface area contributed by atoms with E-state index in [0.29, 0.717) is 24.2 Å². The number of benzene rings is 1. The van der Waals surface area contributed by atoms with Crippen molar-refractivity contribution in [2.24, 2.45) is 5.73 Å². The summed E-state index contributed by atoms with van der Waals surface area (Å²) in [5.41, 5.74) is 6.28. The smallest absolute Gasteiger partial charge is 0.254 e. The number of nitrogens with two attached hydrogens (primary N) is 1. The molecule has 2 unspecified atom stereocenters. The predicted octanol–water partition coefficient (Wildman–Crippen LogP) is 0.884. The van der Waals surface area contributed by atoms with Gasteiger partial charge in [0.1, 0.15) is 0 Å². The van der Waals surface area contributed by atoms with Crippen LogP contribution in [-0.4, -0.2) is 67.8 Å². The number of morpholine rings is 1. The molecule has 0 aliphatic carbocycles. The molecular formula is C19H27N3O5S. The molecule has 3 rings (SSSR count). The van der Waals surface area contributed by atoms with E-state index in [1.807, 2.05) is 6.92 Å². The maximum Gasteiger partial charge on any atom is 0.254 e. The van der Waals surface area contributed by atoms with Gasteiger partial charge in [-0.05, 0) is 44.4 Å². The van der Waals surface area contributed by atoms with Crippen LogP contribution < -0.4 is 5.73 Å². The molecule has 0 aromatic heterocycles. The number of ether oxygens (including phenoxy) is 1. The molecule has 0 bridgehead atoms. The van der Waals surface area contributed by atoms with Gasteiger partial charge in [0.25, 0.3) is 5.91 Å². The molecule has 0 spiro atoms. The van der Waals surface area contributed by atoms with E-state index in [-0.39, 0.29) is 30.0 Å². The highest BCUT2D eigenvalue weighted by atomic mass is 32.2. The van der Waals surface area contributed by atoms with Crippen LogP contribution in [0.15, 0.2) is 23.1 Å². The monoisotopic (exact) mass is 409 g/mol. The first kappa shape index (κ1) is 20.8. The zero-order valence-corrected chi connectivity index (χ0v) is 17.1. The Morgan fingerprint density at radius 1 is 1.21 bits per heavy atom. The Kier molecular flexibility index (Phi) is 6.07. The van der Waals surface area contributed by atoms with Crippen molar-refractivity contribution in [3.63, 3.8) is 0 Å². The van der Waals surface area contributed by atoms with Gasteiger partial charge in [0.15, 0.2) is 6.10 Å². The molecule has 2 N–H and O–H groups in total. The van der Waals surface area contributed by atoms with Crippen molar-refractivity contribution < 1.29 is 22.7 Å². The zero-order chi connectivity index (χ0) is 20.5. The van der Waals surface area contributed by atoms with Gasteiger partial charge in [-0.1, -0.05) is 12.5 Å². The average Bonchev–Trinajstić information content (AvgIpc) is 2.68. The second-order valence-electron chi connectivity index (χ2n) is 7.45. The number of amides is 2. The number of piperidine rings is 1. The normalized spacial score (nSPS) is 24.1. The number of hydrogen-bond donors (Lipinski definition) is 1. The molecule has 28 heavy (non-hydrogen) atoms. The Balaban J connectivity index is 1.89. The van der Waals surface area contributed by atoms with Gasteiger partial charge in [-0.2, -0.15) is 4.31 Å². The molecule has 2 aliphatic heterocycles. The molecule has 2 aliphatic rings. The van der Waals surface area contributed by atoms with Gasteiger partial charge in [0.05, 0.1) is 18.0 Å². The maximum absolute atomic E-state index is 13.1. The second kappa shape index (κ2) is 8.18. The van der Waals surface area contributed by atoms with E-state index < -0.39 is 22.0 Å². The van der Waals surface area contributed by atoms with E-state index in [4.69, 9.17) is 10.5 Å². The highest BCUT2D eigenvalue weighted by Gasteiger charge is 2.33. The van der Waals surface area contributed by atoms with Crippen molar-refractivity contribution in [2.45, 2.75) is 50.2 Å². The van der Waals surface area contributed by atoms with Crippen molar-refractivity contribution in [2.75, 3.05) is 26.2 Å². The Labute approximate surface area is 165 Å². The summed E-state index contributed by atoms with van der Waals surface area (Å²) in [6.45, 7) is 4.76. The van der Waals surface area contributed by atoms with Gasteiger partial charge >= 0.3 is 0 Å². The van der Waals surface area contributed by atoms with Crippen LogP contribution in [-0.2, 0) is 19.6 Å². The quantitative estimate of drug-likeness (QED) is 0.794. The molecule has 2 saturated heterocycles. The van der Waals surface area contributed by atoms with Crippen LogP contribution in [0.2, 0.25) is 0 Å². The van der Waals surface area contributed by atoms with Crippen LogP contribution in [0.3, 0.4) is 0 Å². The minimum Gasteiger partial charge on any atom is -0.367 e. The average molecular weight is 410 g/mol. The number of hydrogen-bond acceptors (Lipinski definition) is 5. The standard InChI is InChI=1S/C19H27N3O5S/c1-13-6-7-15(28(25,26)22-8-4-3-5-14(22)2)11-16(13)19(24)21-9-10-27-17(12-21)18(20)23/h6-7,11,14,17H,3-5,8-10,12H2,1-2H3,(H2,20,23). The lowest BCUT2D eigenvalue weighted by atomic mass is 10.1. The topological polar surface area (TPSA) is 110 Å². The molecule has 2 atom stereocenters. The number of rotatable bonds is 4. The molecule has 1 aromatic rings. The maximum atomic E-state index is 13.1. The molecule has 2 amide bonds. The fraction of sp³-hybridized carbons (Fsp3) is 0.579. The Morgan fingerprint density at radius 2 is 1.96 bits per heavy atom. The highest BCUT2D eigenvalue weighted by molar-refractivity contribution is 7.89. The highest BCUT2D eigenvalue weighted by Crippen LogP contribution is 2.27. The van der Waals surface area contributed by atoms with Gasteiger partial charge in [-0.15, -0.1) is 0 Å². The van der Waals surface area contributed by atoms with Crippen LogP contribution in [0, 0.1) is 6.92 Å². The fourth-order valence-electron chi connectivity index (χ4n) is 3.73. The molecule has 9 heteroatoms. The van der Waals surface area contributed by atoms with Crippen LogP contribution in [0.4, 0.5) is 0 Å².